The predicted octanol–water partition coefficient (Wildman–Crippen LogP) is 5.32. The van der Waals surface area contributed by atoms with Crippen LogP contribution in [-0.2, 0) is 0 Å². The minimum absolute atomic E-state index is 0.284. The van der Waals surface area contributed by atoms with E-state index in [1.165, 1.54) is 56.0 Å². The molecule has 2 aliphatic rings. The Labute approximate surface area is 237 Å². The fraction of sp³-hybridized carbons (Fsp3) is 0.345. The molecule has 1 amide bonds. The Balaban J connectivity index is 1.18. The molecule has 202 valence electrons. The first kappa shape index (κ1) is 26.0. The Morgan fingerprint density at radius 3 is 2.33 bits per heavy atom. The van der Waals surface area contributed by atoms with Gasteiger partial charge in [0.1, 0.15) is 17.2 Å². The maximum atomic E-state index is 13.2. The number of anilines is 2. The second-order valence-electron chi connectivity index (χ2n) is 10.2. The van der Waals surface area contributed by atoms with E-state index in [2.05, 4.69) is 61.3 Å². The normalized spacial score (nSPS) is 17.4. The number of H-pyrrole nitrogens is 1. The Kier molecular flexibility index (Phi) is 7.65. The SMILES string of the molecule is CN1CCN(C2CCN(c3ccc(-c4nc(-c5ccc(Cl)cc5)c(C(=O)Nc5nccs5)[nH]4)cc3)CC2)CC1. The summed E-state index contributed by atoms with van der Waals surface area (Å²) in [5.74, 6) is 0.359. The summed E-state index contributed by atoms with van der Waals surface area (Å²) in [4.78, 5) is 33.0. The van der Waals surface area contributed by atoms with Crippen molar-refractivity contribution >= 4 is 39.7 Å². The van der Waals surface area contributed by atoms with Crippen LogP contribution in [0.25, 0.3) is 22.6 Å². The van der Waals surface area contributed by atoms with Gasteiger partial charge in [0.05, 0.1) is 0 Å². The second-order valence-corrected chi connectivity index (χ2v) is 11.5. The van der Waals surface area contributed by atoms with Crippen LogP contribution in [0.4, 0.5) is 10.8 Å². The molecule has 2 aromatic carbocycles. The topological polar surface area (TPSA) is 80.4 Å². The van der Waals surface area contributed by atoms with Crippen molar-refractivity contribution in [1.29, 1.82) is 0 Å². The van der Waals surface area contributed by atoms with Crippen molar-refractivity contribution in [1.82, 2.24) is 24.8 Å². The molecular formula is C29H32ClN7OS. The molecule has 0 atom stereocenters. The fourth-order valence-corrected chi connectivity index (χ4v) is 6.09. The quantitative estimate of drug-likeness (QED) is 0.331. The van der Waals surface area contributed by atoms with E-state index in [9.17, 15) is 4.79 Å². The van der Waals surface area contributed by atoms with Crippen LogP contribution in [0.5, 0.6) is 0 Å². The van der Waals surface area contributed by atoms with E-state index in [1.807, 2.05) is 17.5 Å². The van der Waals surface area contributed by atoms with E-state index >= 15 is 0 Å². The standard InChI is InChI=1S/C29H32ClN7OS/c1-35-15-17-37(18-16-35)24-10-13-36(14-11-24)23-8-4-21(5-9-23)27-32-25(20-2-6-22(30)7-3-20)26(33-27)28(38)34-29-31-12-19-39-29/h2-9,12,19,24H,10-11,13-18H2,1H3,(H,32,33)(H,31,34,38). The number of aromatic amines is 1. The van der Waals surface area contributed by atoms with E-state index in [1.54, 1.807) is 18.3 Å². The number of imidazole rings is 1. The monoisotopic (exact) mass is 561 g/mol. The molecule has 10 heteroatoms. The predicted molar refractivity (Wildman–Crippen MR) is 159 cm³/mol. The summed E-state index contributed by atoms with van der Waals surface area (Å²) < 4.78 is 0. The Morgan fingerprint density at radius 1 is 0.974 bits per heavy atom. The number of hydrogen-bond acceptors (Lipinski definition) is 7. The van der Waals surface area contributed by atoms with Gasteiger partial charge in [-0.3, -0.25) is 15.0 Å². The van der Waals surface area contributed by atoms with Gasteiger partial charge >= 0.3 is 0 Å². The van der Waals surface area contributed by atoms with Crippen molar-refractivity contribution in [3.05, 3.63) is 70.8 Å². The molecule has 0 bridgehead atoms. The zero-order chi connectivity index (χ0) is 26.8. The number of rotatable bonds is 6. The molecule has 0 unspecified atom stereocenters. The Bertz CT molecular complexity index is 1390. The highest BCUT2D eigenvalue weighted by Gasteiger charge is 2.27. The minimum atomic E-state index is -0.284. The maximum absolute atomic E-state index is 13.2. The van der Waals surface area contributed by atoms with Gasteiger partial charge in [-0.05, 0) is 56.3 Å². The van der Waals surface area contributed by atoms with E-state index in [0.29, 0.717) is 33.4 Å². The van der Waals surface area contributed by atoms with Crippen molar-refractivity contribution in [2.45, 2.75) is 18.9 Å². The summed E-state index contributed by atoms with van der Waals surface area (Å²) >= 11 is 7.48. The van der Waals surface area contributed by atoms with Crippen LogP contribution in [0.3, 0.4) is 0 Å². The molecular weight excluding hydrogens is 530 g/mol. The number of carbonyl (C=O) groups excluding carboxylic acids is 1. The Hall–Kier alpha value is -3.24. The van der Waals surface area contributed by atoms with Crippen LogP contribution in [-0.4, -0.2) is 83.0 Å². The fourth-order valence-electron chi connectivity index (χ4n) is 5.44. The lowest BCUT2D eigenvalue weighted by Crippen LogP contribution is -2.52. The Morgan fingerprint density at radius 2 is 1.67 bits per heavy atom. The van der Waals surface area contributed by atoms with Crippen LogP contribution < -0.4 is 10.2 Å². The number of likely N-dealkylation sites (N-methyl/N-ethyl adjacent to an activating group) is 1. The van der Waals surface area contributed by atoms with Crippen LogP contribution in [0.2, 0.25) is 5.02 Å². The van der Waals surface area contributed by atoms with E-state index in [-0.39, 0.29) is 5.91 Å². The molecule has 0 spiro atoms. The molecule has 8 nitrogen and oxygen atoms in total. The number of amides is 1. The lowest BCUT2D eigenvalue weighted by atomic mass is 10.0. The molecule has 39 heavy (non-hydrogen) atoms. The molecule has 0 aliphatic carbocycles. The average Bonchev–Trinajstić information content (AvgIpc) is 3.65. The van der Waals surface area contributed by atoms with Crippen LogP contribution >= 0.6 is 22.9 Å². The number of nitrogens with one attached hydrogen (secondary N) is 2. The van der Waals surface area contributed by atoms with Crippen LogP contribution in [0.15, 0.2) is 60.1 Å². The molecule has 0 radical (unpaired) electrons. The van der Waals surface area contributed by atoms with E-state index < -0.39 is 0 Å². The second kappa shape index (κ2) is 11.5. The van der Waals surface area contributed by atoms with Crippen molar-refractivity contribution in [3.8, 4) is 22.6 Å². The van der Waals surface area contributed by atoms with Gasteiger partial charge in [0.25, 0.3) is 5.91 Å². The zero-order valence-electron chi connectivity index (χ0n) is 21.9. The first-order chi connectivity index (χ1) is 19.0. The summed E-state index contributed by atoms with van der Waals surface area (Å²) in [5, 5.41) is 5.86. The third-order valence-electron chi connectivity index (χ3n) is 7.73. The molecule has 0 saturated carbocycles. The van der Waals surface area contributed by atoms with Gasteiger partial charge in [0.15, 0.2) is 5.13 Å². The third-order valence-corrected chi connectivity index (χ3v) is 8.67. The summed E-state index contributed by atoms with van der Waals surface area (Å²) in [6, 6.07) is 16.5. The van der Waals surface area contributed by atoms with Gasteiger partial charge in [-0.25, -0.2) is 9.97 Å². The number of thiazole rings is 1. The number of benzene rings is 2. The average molecular weight is 562 g/mol. The molecule has 4 heterocycles. The zero-order valence-corrected chi connectivity index (χ0v) is 23.5. The number of carbonyl (C=O) groups is 1. The third kappa shape index (κ3) is 5.86. The number of hydrogen-bond donors (Lipinski definition) is 2. The van der Waals surface area contributed by atoms with Crippen molar-refractivity contribution in [3.63, 3.8) is 0 Å². The summed E-state index contributed by atoms with van der Waals surface area (Å²) in [6.45, 7) is 6.84. The molecule has 2 saturated heterocycles. The molecule has 6 rings (SSSR count). The van der Waals surface area contributed by atoms with Crippen LogP contribution in [0, 0.1) is 0 Å². The van der Waals surface area contributed by atoms with Gasteiger partial charge in [-0.2, -0.15) is 0 Å². The number of piperazine rings is 1. The number of aromatic nitrogens is 3. The van der Waals surface area contributed by atoms with Crippen LogP contribution in [0.1, 0.15) is 23.3 Å². The summed E-state index contributed by atoms with van der Waals surface area (Å²) in [7, 11) is 2.21. The van der Waals surface area contributed by atoms with E-state index in [0.717, 1.165) is 24.2 Å². The number of nitrogens with zero attached hydrogens (tertiary/aromatic N) is 5. The van der Waals surface area contributed by atoms with Crippen molar-refractivity contribution in [2.24, 2.45) is 0 Å². The highest BCUT2D eigenvalue weighted by Crippen LogP contribution is 2.30. The molecule has 2 fully saturated rings. The molecule has 2 N–H and O–H groups in total. The van der Waals surface area contributed by atoms with Gasteiger partial charge in [-0.1, -0.05) is 23.7 Å². The highest BCUT2D eigenvalue weighted by molar-refractivity contribution is 7.13. The molecule has 2 aromatic heterocycles. The number of halogens is 1. The maximum Gasteiger partial charge on any atom is 0.276 e. The van der Waals surface area contributed by atoms with E-state index in [4.69, 9.17) is 16.6 Å². The van der Waals surface area contributed by atoms with Gasteiger partial charge in [0.2, 0.25) is 0 Å². The van der Waals surface area contributed by atoms with Gasteiger partial charge in [-0.15, -0.1) is 11.3 Å². The summed E-state index contributed by atoms with van der Waals surface area (Å²) in [6.07, 6.45) is 4.06. The number of piperidine rings is 1. The lowest BCUT2D eigenvalue weighted by molar-refractivity contribution is 0.0982. The van der Waals surface area contributed by atoms with Gasteiger partial charge < -0.3 is 14.8 Å². The summed E-state index contributed by atoms with van der Waals surface area (Å²) in [5.41, 5.74) is 3.92. The smallest absolute Gasteiger partial charge is 0.276 e. The first-order valence-electron chi connectivity index (χ1n) is 13.4. The van der Waals surface area contributed by atoms with Crippen molar-refractivity contribution in [2.75, 3.05) is 56.5 Å². The molecule has 4 aromatic rings. The van der Waals surface area contributed by atoms with Gasteiger partial charge in [0, 0.05) is 78.7 Å². The largest absolute Gasteiger partial charge is 0.371 e. The minimum Gasteiger partial charge on any atom is -0.371 e. The van der Waals surface area contributed by atoms with Crippen molar-refractivity contribution < 1.29 is 4.79 Å². The lowest BCUT2D eigenvalue weighted by Gasteiger charge is -2.42. The first-order valence-corrected chi connectivity index (χ1v) is 14.6. The molecule has 2 aliphatic heterocycles. The highest BCUT2D eigenvalue weighted by atomic mass is 35.5.